The Morgan fingerprint density at radius 2 is 2.00 bits per heavy atom. The Hall–Kier alpha value is -0.0800. The highest BCUT2D eigenvalue weighted by molar-refractivity contribution is 4.89. The van der Waals surface area contributed by atoms with Gasteiger partial charge >= 0.3 is 0 Å². The summed E-state index contributed by atoms with van der Waals surface area (Å²) < 4.78 is 0. The largest absolute Gasteiger partial charge is 0.328 e. The van der Waals surface area contributed by atoms with E-state index in [2.05, 4.69) is 11.9 Å². The third-order valence-electron chi connectivity index (χ3n) is 3.54. The van der Waals surface area contributed by atoms with Gasteiger partial charge < -0.3 is 10.6 Å². The van der Waals surface area contributed by atoms with E-state index in [-0.39, 0.29) is 0 Å². The highest BCUT2D eigenvalue weighted by Gasteiger charge is 2.34. The molecule has 0 spiro atoms. The summed E-state index contributed by atoms with van der Waals surface area (Å²) in [6.07, 6.45) is 5.42. The van der Waals surface area contributed by atoms with Crippen LogP contribution in [0.15, 0.2) is 0 Å². The molecule has 2 aliphatic rings. The zero-order valence-electron chi connectivity index (χ0n) is 8.00. The van der Waals surface area contributed by atoms with Crippen molar-refractivity contribution >= 4 is 0 Å². The number of hydrogen-bond acceptors (Lipinski definition) is 2. The summed E-state index contributed by atoms with van der Waals surface area (Å²) in [6.45, 7) is 2.62. The smallest absolute Gasteiger partial charge is 0.00443 e. The van der Waals surface area contributed by atoms with E-state index < -0.39 is 0 Å². The third kappa shape index (κ3) is 1.64. The normalized spacial score (nSPS) is 44.0. The minimum absolute atomic E-state index is 0.530. The molecule has 2 heteroatoms. The van der Waals surface area contributed by atoms with Crippen molar-refractivity contribution in [2.24, 2.45) is 17.6 Å². The lowest BCUT2D eigenvalue weighted by Crippen LogP contribution is -2.45. The molecule has 0 aromatic rings. The Morgan fingerprint density at radius 3 is 2.58 bits per heavy atom. The van der Waals surface area contributed by atoms with E-state index in [1.807, 2.05) is 0 Å². The van der Waals surface area contributed by atoms with Crippen molar-refractivity contribution in [3.05, 3.63) is 0 Å². The molecule has 0 aromatic heterocycles. The van der Waals surface area contributed by atoms with Crippen LogP contribution in [0.4, 0.5) is 0 Å². The second-order valence-electron chi connectivity index (χ2n) is 4.66. The molecular weight excluding hydrogens is 148 g/mol. The van der Waals surface area contributed by atoms with E-state index >= 15 is 0 Å². The van der Waals surface area contributed by atoms with Crippen LogP contribution in [0.2, 0.25) is 0 Å². The summed E-state index contributed by atoms with van der Waals surface area (Å²) in [5.41, 5.74) is 5.80. The predicted octanol–water partition coefficient (Wildman–Crippen LogP) is 1.07. The van der Waals surface area contributed by atoms with E-state index in [1.54, 1.807) is 0 Å². The first-order chi connectivity index (χ1) is 5.75. The standard InChI is InChI=1S/C10H20N2/c1-12-4-2-3-8(7-12)9-5-10(11)6-9/h8-10H,2-7,11H2,1H3. The van der Waals surface area contributed by atoms with Gasteiger partial charge in [0.25, 0.3) is 0 Å². The van der Waals surface area contributed by atoms with E-state index in [0.29, 0.717) is 6.04 Å². The van der Waals surface area contributed by atoms with E-state index in [4.69, 9.17) is 5.73 Å². The minimum atomic E-state index is 0.530. The fourth-order valence-electron chi connectivity index (χ4n) is 2.68. The van der Waals surface area contributed by atoms with E-state index in [9.17, 15) is 0 Å². The minimum Gasteiger partial charge on any atom is -0.328 e. The average molecular weight is 168 g/mol. The molecule has 0 bridgehead atoms. The van der Waals surface area contributed by atoms with Gasteiger partial charge in [-0.25, -0.2) is 0 Å². The number of hydrogen-bond donors (Lipinski definition) is 1. The lowest BCUT2D eigenvalue weighted by molar-refractivity contribution is 0.0981. The van der Waals surface area contributed by atoms with Crippen LogP contribution in [0.1, 0.15) is 25.7 Å². The first-order valence-electron chi connectivity index (χ1n) is 5.20. The lowest BCUT2D eigenvalue weighted by Gasteiger charge is -2.42. The Bertz CT molecular complexity index is 152. The molecule has 0 radical (unpaired) electrons. The van der Waals surface area contributed by atoms with Gasteiger partial charge in [0.15, 0.2) is 0 Å². The van der Waals surface area contributed by atoms with Gasteiger partial charge in [-0.15, -0.1) is 0 Å². The van der Waals surface area contributed by atoms with E-state index in [1.165, 1.54) is 38.8 Å². The van der Waals surface area contributed by atoms with Crippen LogP contribution in [0.25, 0.3) is 0 Å². The maximum absolute atomic E-state index is 5.80. The van der Waals surface area contributed by atoms with Gasteiger partial charge in [-0.1, -0.05) is 0 Å². The Labute approximate surface area is 75.1 Å². The molecule has 12 heavy (non-hydrogen) atoms. The van der Waals surface area contributed by atoms with Crippen molar-refractivity contribution in [1.29, 1.82) is 0 Å². The molecule has 1 atom stereocenters. The zero-order valence-corrected chi connectivity index (χ0v) is 8.00. The van der Waals surface area contributed by atoms with Crippen molar-refractivity contribution in [1.82, 2.24) is 4.90 Å². The number of nitrogens with zero attached hydrogens (tertiary/aromatic N) is 1. The van der Waals surface area contributed by atoms with Gasteiger partial charge in [-0.2, -0.15) is 0 Å². The summed E-state index contributed by atoms with van der Waals surface area (Å²) in [4.78, 5) is 2.47. The first-order valence-corrected chi connectivity index (χ1v) is 5.20. The number of nitrogens with two attached hydrogens (primary N) is 1. The third-order valence-corrected chi connectivity index (χ3v) is 3.54. The second-order valence-corrected chi connectivity index (χ2v) is 4.66. The molecule has 2 rings (SSSR count). The van der Waals surface area contributed by atoms with Gasteiger partial charge in [-0.05, 0) is 51.1 Å². The fourth-order valence-corrected chi connectivity index (χ4v) is 2.68. The zero-order chi connectivity index (χ0) is 8.55. The molecule has 1 heterocycles. The molecule has 2 nitrogen and oxygen atoms in total. The van der Waals surface area contributed by atoms with Crippen molar-refractivity contribution < 1.29 is 0 Å². The van der Waals surface area contributed by atoms with Crippen molar-refractivity contribution in [2.75, 3.05) is 20.1 Å². The van der Waals surface area contributed by atoms with Crippen LogP contribution in [-0.2, 0) is 0 Å². The van der Waals surface area contributed by atoms with Crippen LogP contribution < -0.4 is 5.73 Å². The number of likely N-dealkylation sites (tertiary alicyclic amines) is 1. The topological polar surface area (TPSA) is 29.3 Å². The Balaban J connectivity index is 1.80. The molecule has 1 saturated heterocycles. The van der Waals surface area contributed by atoms with Crippen LogP contribution >= 0.6 is 0 Å². The quantitative estimate of drug-likeness (QED) is 0.634. The highest BCUT2D eigenvalue weighted by atomic mass is 15.1. The molecule has 1 aliphatic carbocycles. The van der Waals surface area contributed by atoms with Crippen LogP contribution in [0.3, 0.4) is 0 Å². The Kier molecular flexibility index (Phi) is 2.37. The molecule has 70 valence electrons. The summed E-state index contributed by atoms with van der Waals surface area (Å²) in [5, 5.41) is 0. The summed E-state index contributed by atoms with van der Waals surface area (Å²) in [5.74, 6) is 1.92. The van der Waals surface area contributed by atoms with Gasteiger partial charge in [-0.3, -0.25) is 0 Å². The maximum Gasteiger partial charge on any atom is 0.00443 e. The molecule has 2 fully saturated rings. The molecule has 0 aromatic carbocycles. The molecule has 2 N–H and O–H groups in total. The SMILES string of the molecule is CN1CCCC(C2CC(N)C2)C1. The molecular formula is C10H20N2. The lowest BCUT2D eigenvalue weighted by atomic mass is 9.70. The van der Waals surface area contributed by atoms with Gasteiger partial charge in [0.1, 0.15) is 0 Å². The van der Waals surface area contributed by atoms with Crippen LogP contribution in [0, 0.1) is 11.8 Å². The number of rotatable bonds is 1. The van der Waals surface area contributed by atoms with Crippen molar-refractivity contribution in [3.63, 3.8) is 0 Å². The molecule has 1 unspecified atom stereocenters. The van der Waals surface area contributed by atoms with Crippen LogP contribution in [0.5, 0.6) is 0 Å². The van der Waals surface area contributed by atoms with E-state index in [0.717, 1.165) is 11.8 Å². The van der Waals surface area contributed by atoms with Crippen molar-refractivity contribution in [2.45, 2.75) is 31.7 Å². The fraction of sp³-hybridized carbons (Fsp3) is 1.00. The number of piperidine rings is 1. The maximum atomic E-state index is 5.80. The first kappa shape index (κ1) is 8.52. The highest BCUT2D eigenvalue weighted by Crippen LogP contribution is 2.36. The van der Waals surface area contributed by atoms with Gasteiger partial charge in [0, 0.05) is 12.6 Å². The Morgan fingerprint density at radius 1 is 1.25 bits per heavy atom. The molecule has 1 saturated carbocycles. The summed E-state index contributed by atoms with van der Waals surface area (Å²) in [7, 11) is 2.24. The van der Waals surface area contributed by atoms with Gasteiger partial charge in [0.2, 0.25) is 0 Å². The van der Waals surface area contributed by atoms with Gasteiger partial charge in [0.05, 0.1) is 0 Å². The average Bonchev–Trinajstić information content (AvgIpc) is 1.99. The van der Waals surface area contributed by atoms with Crippen molar-refractivity contribution in [3.8, 4) is 0 Å². The predicted molar refractivity (Wildman–Crippen MR) is 50.9 cm³/mol. The molecule has 0 amide bonds. The second kappa shape index (κ2) is 3.35. The summed E-state index contributed by atoms with van der Waals surface area (Å²) in [6, 6.07) is 0.530. The van der Waals surface area contributed by atoms with Crippen LogP contribution in [-0.4, -0.2) is 31.1 Å². The monoisotopic (exact) mass is 168 g/mol. The molecule has 1 aliphatic heterocycles. The summed E-state index contributed by atoms with van der Waals surface area (Å²) >= 11 is 0.